The van der Waals surface area contributed by atoms with Gasteiger partial charge < -0.3 is 15.7 Å². The number of hydrogen-bond acceptors (Lipinski definition) is 4. The highest BCUT2D eigenvalue weighted by Gasteiger charge is 2.17. The van der Waals surface area contributed by atoms with Gasteiger partial charge in [0.2, 0.25) is 5.91 Å². The molecule has 6 nitrogen and oxygen atoms in total. The maximum Gasteiger partial charge on any atom is 0.270 e. The van der Waals surface area contributed by atoms with Crippen molar-refractivity contribution in [2.75, 3.05) is 5.32 Å². The molecule has 7 heteroatoms. The minimum atomic E-state index is -0.382. The highest BCUT2D eigenvalue weighted by Crippen LogP contribution is 2.20. The van der Waals surface area contributed by atoms with E-state index in [1.807, 2.05) is 20.8 Å². The Labute approximate surface area is 151 Å². The largest absolute Gasteiger partial charge is 0.508 e. The summed E-state index contributed by atoms with van der Waals surface area (Å²) in [5.41, 5.74) is 0.882. The number of pyridine rings is 1. The van der Waals surface area contributed by atoms with Gasteiger partial charge in [0.05, 0.1) is 6.42 Å². The molecule has 0 aliphatic carbocycles. The summed E-state index contributed by atoms with van der Waals surface area (Å²) >= 11 is 5.86. The van der Waals surface area contributed by atoms with Crippen LogP contribution in [0.1, 0.15) is 36.8 Å². The maximum atomic E-state index is 12.2. The Kier molecular flexibility index (Phi) is 5.64. The van der Waals surface area contributed by atoms with Crippen LogP contribution < -0.4 is 10.6 Å². The van der Waals surface area contributed by atoms with Gasteiger partial charge in [-0.3, -0.25) is 14.6 Å². The van der Waals surface area contributed by atoms with Crippen LogP contribution in [-0.4, -0.2) is 27.4 Å². The molecule has 25 heavy (non-hydrogen) atoms. The highest BCUT2D eigenvalue weighted by atomic mass is 35.5. The molecule has 0 radical (unpaired) electrons. The molecule has 0 spiro atoms. The quantitative estimate of drug-likeness (QED) is 0.780. The maximum absolute atomic E-state index is 12.2. The smallest absolute Gasteiger partial charge is 0.270 e. The van der Waals surface area contributed by atoms with E-state index >= 15 is 0 Å². The molecule has 0 bridgehead atoms. The van der Waals surface area contributed by atoms with Crippen molar-refractivity contribution in [2.24, 2.45) is 0 Å². The molecule has 1 aromatic heterocycles. The zero-order valence-corrected chi connectivity index (χ0v) is 15.0. The lowest BCUT2D eigenvalue weighted by Gasteiger charge is -2.20. The number of hydrogen-bond donors (Lipinski definition) is 3. The van der Waals surface area contributed by atoms with Crippen LogP contribution in [0.25, 0.3) is 0 Å². The number of aromatic hydroxyl groups is 1. The summed E-state index contributed by atoms with van der Waals surface area (Å²) < 4.78 is 0. The van der Waals surface area contributed by atoms with Gasteiger partial charge in [-0.1, -0.05) is 11.6 Å². The van der Waals surface area contributed by atoms with Crippen LogP contribution in [0.2, 0.25) is 5.02 Å². The van der Waals surface area contributed by atoms with Gasteiger partial charge in [0.25, 0.3) is 5.91 Å². The second-order valence-corrected chi connectivity index (χ2v) is 7.11. The molecule has 2 aromatic rings. The van der Waals surface area contributed by atoms with Crippen LogP contribution in [0, 0.1) is 0 Å². The summed E-state index contributed by atoms with van der Waals surface area (Å²) in [7, 11) is 0. The normalized spacial score (nSPS) is 11.0. The number of carbonyl (C=O) groups is 2. The standard InChI is InChI=1S/C18H20ClN3O3/c1-18(2,3)22-17(25)15-10-13(4-5-20-15)21-16(24)8-11-6-12(19)9-14(23)7-11/h4-7,9-10,23H,8H2,1-3H3,(H,22,25)(H,20,21,24). The van der Waals surface area contributed by atoms with Crippen molar-refractivity contribution in [1.29, 1.82) is 0 Å². The predicted octanol–water partition coefficient (Wildman–Crippen LogP) is 3.15. The van der Waals surface area contributed by atoms with Gasteiger partial charge in [-0.15, -0.1) is 0 Å². The van der Waals surface area contributed by atoms with E-state index in [1.165, 1.54) is 24.4 Å². The molecule has 0 aliphatic heterocycles. The average Bonchev–Trinajstić information content (AvgIpc) is 2.44. The van der Waals surface area contributed by atoms with Gasteiger partial charge in [-0.05, 0) is 56.7 Å². The Morgan fingerprint density at radius 3 is 2.56 bits per heavy atom. The van der Waals surface area contributed by atoms with Gasteiger partial charge in [0.1, 0.15) is 11.4 Å². The Morgan fingerprint density at radius 2 is 1.92 bits per heavy atom. The average molecular weight is 362 g/mol. The Balaban J connectivity index is 2.06. The topological polar surface area (TPSA) is 91.3 Å². The van der Waals surface area contributed by atoms with E-state index in [-0.39, 0.29) is 35.2 Å². The van der Waals surface area contributed by atoms with E-state index in [0.29, 0.717) is 16.3 Å². The van der Waals surface area contributed by atoms with E-state index in [1.54, 1.807) is 12.1 Å². The number of amides is 2. The van der Waals surface area contributed by atoms with Crippen molar-refractivity contribution in [3.05, 3.63) is 52.8 Å². The van der Waals surface area contributed by atoms with E-state index in [2.05, 4.69) is 15.6 Å². The number of phenolic OH excluding ortho intramolecular Hbond substituents is 1. The van der Waals surface area contributed by atoms with Crippen LogP contribution in [0.5, 0.6) is 5.75 Å². The molecule has 2 rings (SSSR count). The molecule has 0 saturated heterocycles. The summed E-state index contributed by atoms with van der Waals surface area (Å²) in [4.78, 5) is 28.3. The summed E-state index contributed by atoms with van der Waals surface area (Å²) in [5, 5.41) is 15.4. The zero-order chi connectivity index (χ0) is 18.6. The van der Waals surface area contributed by atoms with Crippen molar-refractivity contribution in [3.63, 3.8) is 0 Å². The molecule has 0 saturated carbocycles. The van der Waals surface area contributed by atoms with Gasteiger partial charge in [-0.2, -0.15) is 0 Å². The van der Waals surface area contributed by atoms with Crippen molar-refractivity contribution in [1.82, 2.24) is 10.3 Å². The second kappa shape index (κ2) is 7.53. The van der Waals surface area contributed by atoms with E-state index < -0.39 is 0 Å². The van der Waals surface area contributed by atoms with Gasteiger partial charge in [0, 0.05) is 22.4 Å². The molecular weight excluding hydrogens is 342 g/mol. The van der Waals surface area contributed by atoms with Gasteiger partial charge in [-0.25, -0.2) is 0 Å². The number of anilines is 1. The Morgan fingerprint density at radius 1 is 1.20 bits per heavy atom. The van der Waals surface area contributed by atoms with Crippen LogP contribution in [-0.2, 0) is 11.2 Å². The van der Waals surface area contributed by atoms with E-state index in [4.69, 9.17) is 11.6 Å². The number of aromatic nitrogens is 1. The molecule has 0 aliphatic rings. The number of rotatable bonds is 4. The molecular formula is C18H20ClN3O3. The molecule has 3 N–H and O–H groups in total. The third-order valence-electron chi connectivity index (χ3n) is 3.07. The Bertz CT molecular complexity index is 780. The van der Waals surface area contributed by atoms with Crippen LogP contribution in [0.4, 0.5) is 5.69 Å². The lowest BCUT2D eigenvalue weighted by atomic mass is 10.1. The zero-order valence-electron chi connectivity index (χ0n) is 14.3. The molecule has 0 atom stereocenters. The fourth-order valence-electron chi connectivity index (χ4n) is 2.16. The summed E-state index contributed by atoms with van der Waals surface area (Å²) in [6.07, 6.45) is 1.50. The first kappa shape index (κ1) is 18.7. The number of nitrogens with zero attached hydrogens (tertiary/aromatic N) is 1. The Hall–Kier alpha value is -2.60. The number of carbonyl (C=O) groups excluding carboxylic acids is 2. The second-order valence-electron chi connectivity index (χ2n) is 6.68. The van der Waals surface area contributed by atoms with E-state index in [0.717, 1.165) is 0 Å². The van der Waals surface area contributed by atoms with Gasteiger partial charge >= 0.3 is 0 Å². The number of halogens is 1. The summed E-state index contributed by atoms with van der Waals surface area (Å²) in [6.45, 7) is 5.62. The van der Waals surface area contributed by atoms with Crippen molar-refractivity contribution in [2.45, 2.75) is 32.7 Å². The molecule has 2 amide bonds. The first-order valence-electron chi connectivity index (χ1n) is 7.69. The first-order chi connectivity index (χ1) is 11.6. The lowest BCUT2D eigenvalue weighted by Crippen LogP contribution is -2.40. The van der Waals surface area contributed by atoms with Crippen molar-refractivity contribution in [3.8, 4) is 5.75 Å². The summed E-state index contributed by atoms with van der Waals surface area (Å²) in [6, 6.07) is 7.58. The summed E-state index contributed by atoms with van der Waals surface area (Å²) in [5.74, 6) is -0.612. The molecule has 132 valence electrons. The minimum absolute atomic E-state index is 0.000323. The third-order valence-corrected chi connectivity index (χ3v) is 3.29. The lowest BCUT2D eigenvalue weighted by molar-refractivity contribution is -0.115. The third kappa shape index (κ3) is 6.08. The van der Waals surface area contributed by atoms with E-state index in [9.17, 15) is 14.7 Å². The number of nitrogens with one attached hydrogen (secondary N) is 2. The monoisotopic (exact) mass is 361 g/mol. The van der Waals surface area contributed by atoms with Crippen LogP contribution in [0.15, 0.2) is 36.5 Å². The predicted molar refractivity (Wildman–Crippen MR) is 96.9 cm³/mol. The molecule has 1 aromatic carbocycles. The van der Waals surface area contributed by atoms with Crippen LogP contribution in [0.3, 0.4) is 0 Å². The number of phenols is 1. The molecule has 1 heterocycles. The van der Waals surface area contributed by atoms with Crippen molar-refractivity contribution < 1.29 is 14.7 Å². The molecule has 0 fully saturated rings. The van der Waals surface area contributed by atoms with Crippen molar-refractivity contribution >= 4 is 29.1 Å². The highest BCUT2D eigenvalue weighted by molar-refractivity contribution is 6.30. The molecule has 0 unspecified atom stereocenters. The first-order valence-corrected chi connectivity index (χ1v) is 8.07. The number of benzene rings is 1. The fraction of sp³-hybridized carbons (Fsp3) is 0.278. The van der Waals surface area contributed by atoms with Crippen LogP contribution >= 0.6 is 11.6 Å². The van der Waals surface area contributed by atoms with Gasteiger partial charge in [0.15, 0.2) is 0 Å². The fourth-order valence-corrected chi connectivity index (χ4v) is 2.42. The SMILES string of the molecule is CC(C)(C)NC(=O)c1cc(NC(=O)Cc2cc(O)cc(Cl)c2)ccn1. The minimum Gasteiger partial charge on any atom is -0.508 e.